The van der Waals surface area contributed by atoms with Crippen LogP contribution in [-0.4, -0.2) is 19.9 Å². The summed E-state index contributed by atoms with van der Waals surface area (Å²) in [5.74, 6) is 5.77. The number of aromatic nitrogens is 4. The van der Waals surface area contributed by atoms with Gasteiger partial charge in [0.1, 0.15) is 46.0 Å². The van der Waals surface area contributed by atoms with E-state index >= 15 is 0 Å². The number of hydrogen-bond acceptors (Lipinski definition) is 6. The van der Waals surface area contributed by atoms with Crippen LogP contribution < -0.4 is 18.9 Å². The molecule has 0 atom stereocenters. The van der Waals surface area contributed by atoms with Crippen LogP contribution in [0.3, 0.4) is 0 Å². The van der Waals surface area contributed by atoms with E-state index in [9.17, 15) is 0 Å². The molecule has 0 amide bonds. The van der Waals surface area contributed by atoms with Crippen molar-refractivity contribution in [2.45, 2.75) is 0 Å². The summed E-state index contributed by atoms with van der Waals surface area (Å²) >= 11 is 0. The van der Waals surface area contributed by atoms with Gasteiger partial charge in [0, 0.05) is 44.3 Å². The van der Waals surface area contributed by atoms with E-state index in [-0.39, 0.29) is 0 Å². The zero-order valence-electron chi connectivity index (χ0n) is 40.9. The lowest BCUT2D eigenvalue weighted by Crippen LogP contribution is -1.91. The third kappa shape index (κ3) is 9.53. The van der Waals surface area contributed by atoms with Crippen molar-refractivity contribution in [2.24, 2.45) is 0 Å². The van der Waals surface area contributed by atoms with Crippen LogP contribution in [0.1, 0.15) is 22.8 Å². The molecule has 3 aromatic heterocycles. The van der Waals surface area contributed by atoms with Crippen LogP contribution in [0, 0.1) is 0 Å². The van der Waals surface area contributed by atoms with Gasteiger partial charge in [0.15, 0.2) is 0 Å². The Hall–Kier alpha value is -10.4. The highest BCUT2D eigenvalue weighted by Crippen LogP contribution is 2.41. The second-order valence-electron chi connectivity index (χ2n) is 18.3. The maximum absolute atomic E-state index is 6.44. The summed E-state index contributed by atoms with van der Waals surface area (Å²) in [5.41, 5.74) is 13.7. The molecule has 2 N–H and O–H groups in total. The smallest absolute Gasteiger partial charge is 0.128 e. The molecule has 0 fully saturated rings. The molecule has 11 aromatic rings. The van der Waals surface area contributed by atoms with Crippen LogP contribution in [0.2, 0.25) is 0 Å². The van der Waals surface area contributed by atoms with Crippen molar-refractivity contribution < 1.29 is 18.9 Å². The Morgan fingerprint density at radius 3 is 0.684 bits per heavy atom. The van der Waals surface area contributed by atoms with Crippen LogP contribution in [0.4, 0.5) is 0 Å². The molecule has 8 aromatic carbocycles. The first-order valence-corrected chi connectivity index (χ1v) is 25.1. The van der Waals surface area contributed by atoms with Gasteiger partial charge in [0.2, 0.25) is 0 Å². The fourth-order valence-electron chi connectivity index (χ4n) is 9.78. The van der Waals surface area contributed by atoms with Crippen molar-refractivity contribution in [2.75, 3.05) is 0 Å². The van der Waals surface area contributed by atoms with Crippen LogP contribution in [0.5, 0.6) is 46.0 Å². The van der Waals surface area contributed by atoms with Crippen LogP contribution >= 0.6 is 0 Å². The number of para-hydroxylation sites is 4. The molecule has 8 heteroatoms. The maximum Gasteiger partial charge on any atom is 0.128 e. The van der Waals surface area contributed by atoms with Crippen molar-refractivity contribution in [3.63, 3.8) is 0 Å². The fourth-order valence-corrected chi connectivity index (χ4v) is 9.78. The molecule has 8 nitrogen and oxygen atoms in total. The van der Waals surface area contributed by atoms with Crippen LogP contribution in [-0.2, 0) is 0 Å². The minimum Gasteiger partial charge on any atom is -0.457 e. The molecular weight excluding hydrogens is 937 g/mol. The minimum atomic E-state index is 0.698. The SMILES string of the molecule is C1=Cc2nc1c(-c1cccc(Oc3ccccc3)c1)c1ccc([nH]1)c(-c1cccc(Oc3ccccc3)c1)c1nc(c(-c3cccc(Oc4ccccc4)c3)c3ccc([nH]3)c2-c2cccc(Oc3ccccc3)c2)C=C1. The number of nitrogens with one attached hydrogen (secondary N) is 2. The minimum absolute atomic E-state index is 0.698. The molecule has 2 aliphatic heterocycles. The first kappa shape index (κ1) is 45.4. The predicted octanol–water partition coefficient (Wildman–Crippen LogP) is 18.5. The zero-order valence-corrected chi connectivity index (χ0v) is 40.9. The third-order valence-corrected chi connectivity index (χ3v) is 13.2. The maximum atomic E-state index is 6.44. The second-order valence-corrected chi connectivity index (χ2v) is 18.3. The molecular formula is C68H46N4O4. The monoisotopic (exact) mass is 982 g/mol. The molecule has 76 heavy (non-hydrogen) atoms. The third-order valence-electron chi connectivity index (χ3n) is 13.2. The Kier molecular flexibility index (Phi) is 12.1. The highest BCUT2D eigenvalue weighted by atomic mass is 16.5. The fraction of sp³-hybridized carbons (Fsp3) is 0. The van der Waals surface area contributed by atoms with E-state index in [1.807, 2.05) is 170 Å². The van der Waals surface area contributed by atoms with Gasteiger partial charge in [-0.1, -0.05) is 121 Å². The Morgan fingerprint density at radius 1 is 0.224 bits per heavy atom. The number of H-pyrrole nitrogens is 2. The molecule has 2 aliphatic rings. The van der Waals surface area contributed by atoms with E-state index < -0.39 is 0 Å². The van der Waals surface area contributed by atoms with Gasteiger partial charge in [-0.05, 0) is 168 Å². The molecule has 0 saturated heterocycles. The van der Waals surface area contributed by atoms with Gasteiger partial charge in [0.25, 0.3) is 0 Å². The largest absolute Gasteiger partial charge is 0.457 e. The number of benzene rings is 8. The van der Waals surface area contributed by atoms with Crippen LogP contribution in [0.15, 0.2) is 243 Å². The Morgan fingerprint density at radius 2 is 0.447 bits per heavy atom. The standard InChI is InChI=1S/C68H46N4O4/c1-5-21-49(22-6-1)73-53-29-13-17-45(41-53)65-57-33-35-59(69-57)66(46-18-14-30-54(42-46)74-50-23-7-2-8-24-50)61-37-39-63(71-61)68(48-20-16-32-56(44-48)76-52-27-11-4-12-28-52)64-40-38-62(72-64)67(60-36-34-58(65)70-60)47-19-15-31-55(43-47)75-51-25-9-3-10-26-51/h1-44,69,72H. The number of fused-ring (bicyclic) bond motifs is 8. The lowest BCUT2D eigenvalue weighted by atomic mass is 10.0. The molecule has 5 heterocycles. The number of aromatic amines is 2. The molecule has 0 unspecified atom stereocenters. The van der Waals surface area contributed by atoms with Crippen molar-refractivity contribution in [1.29, 1.82) is 0 Å². The first-order chi connectivity index (χ1) is 37.6. The van der Waals surface area contributed by atoms with E-state index in [0.29, 0.717) is 23.0 Å². The summed E-state index contributed by atoms with van der Waals surface area (Å²) < 4.78 is 25.8. The van der Waals surface area contributed by atoms with Gasteiger partial charge in [-0.3, -0.25) is 0 Å². The number of nitrogens with zero attached hydrogens (tertiary/aromatic N) is 2. The lowest BCUT2D eigenvalue weighted by Gasteiger charge is -2.10. The summed E-state index contributed by atoms with van der Waals surface area (Å²) in [6.45, 7) is 0. The summed E-state index contributed by atoms with van der Waals surface area (Å²) in [5, 5.41) is 0. The summed E-state index contributed by atoms with van der Waals surface area (Å²) in [6, 6.07) is 80.5. The van der Waals surface area contributed by atoms with E-state index in [1.165, 1.54) is 0 Å². The van der Waals surface area contributed by atoms with Gasteiger partial charge >= 0.3 is 0 Å². The van der Waals surface area contributed by atoms with Crippen molar-refractivity contribution in [3.05, 3.63) is 265 Å². The molecule has 362 valence electrons. The highest BCUT2D eigenvalue weighted by molar-refractivity contribution is 6.00. The normalized spacial score (nSPS) is 11.6. The van der Waals surface area contributed by atoms with Crippen molar-refractivity contribution >= 4 is 46.4 Å². The Bertz CT molecular complexity index is 3640. The van der Waals surface area contributed by atoms with E-state index in [2.05, 4.69) is 107 Å². The predicted molar refractivity (Wildman–Crippen MR) is 307 cm³/mol. The van der Waals surface area contributed by atoms with E-state index in [1.54, 1.807) is 0 Å². The van der Waals surface area contributed by atoms with E-state index in [0.717, 1.165) is 112 Å². The van der Waals surface area contributed by atoms with Gasteiger partial charge in [0.05, 0.1) is 22.8 Å². The highest BCUT2D eigenvalue weighted by Gasteiger charge is 2.21. The molecule has 0 radical (unpaired) electrons. The second kappa shape index (κ2) is 20.2. The Balaban J connectivity index is 1.09. The molecule has 0 aliphatic carbocycles. The number of hydrogen-bond donors (Lipinski definition) is 2. The molecule has 8 bridgehead atoms. The van der Waals surface area contributed by atoms with Gasteiger partial charge in [-0.15, -0.1) is 0 Å². The topological polar surface area (TPSA) is 94.3 Å². The van der Waals surface area contributed by atoms with Gasteiger partial charge < -0.3 is 28.9 Å². The number of ether oxygens (including phenoxy) is 4. The average Bonchev–Trinajstić information content (AvgIpc) is 4.33. The molecule has 13 rings (SSSR count). The summed E-state index contributed by atoms with van der Waals surface area (Å²) in [4.78, 5) is 18.9. The number of rotatable bonds is 12. The zero-order chi connectivity index (χ0) is 50.6. The van der Waals surface area contributed by atoms with E-state index in [4.69, 9.17) is 28.9 Å². The lowest BCUT2D eigenvalue weighted by molar-refractivity contribution is 0.482. The first-order valence-electron chi connectivity index (χ1n) is 25.1. The van der Waals surface area contributed by atoms with Gasteiger partial charge in [-0.2, -0.15) is 0 Å². The molecule has 0 spiro atoms. The molecule has 0 saturated carbocycles. The van der Waals surface area contributed by atoms with Crippen molar-refractivity contribution in [1.82, 2.24) is 19.9 Å². The van der Waals surface area contributed by atoms with Crippen molar-refractivity contribution in [3.8, 4) is 90.5 Å². The quantitative estimate of drug-likeness (QED) is 0.127. The summed E-state index contributed by atoms with van der Waals surface area (Å²) in [7, 11) is 0. The average molecular weight is 983 g/mol. The van der Waals surface area contributed by atoms with Gasteiger partial charge in [-0.25, -0.2) is 9.97 Å². The Labute approximate surface area is 439 Å². The summed E-state index contributed by atoms with van der Waals surface area (Å²) in [6.07, 6.45) is 8.38. The van der Waals surface area contributed by atoms with Crippen LogP contribution in [0.25, 0.3) is 90.9 Å².